The van der Waals surface area contributed by atoms with E-state index in [1.165, 1.54) is 36.5 Å². The summed E-state index contributed by atoms with van der Waals surface area (Å²) in [6, 6.07) is 14.5. The smallest absolute Gasteiger partial charge is 0.308 e. The number of esters is 1. The minimum absolute atomic E-state index is 0.191. The summed E-state index contributed by atoms with van der Waals surface area (Å²) < 4.78 is 5.35. The second kappa shape index (κ2) is 6.99. The average Bonchev–Trinajstić information content (AvgIpc) is 2.60. The van der Waals surface area contributed by atoms with Gasteiger partial charge in [0.05, 0.1) is 0 Å². The zero-order chi connectivity index (χ0) is 19.8. The summed E-state index contributed by atoms with van der Waals surface area (Å²) in [6.45, 7) is 12.9. The van der Waals surface area contributed by atoms with Crippen LogP contribution in [0, 0.1) is 0 Å². The Labute approximate surface area is 163 Å². The number of hydrogen-bond acceptors (Lipinski definition) is 2. The molecule has 142 valence electrons. The first-order chi connectivity index (χ1) is 12.6. The number of allylic oxidation sites excluding steroid dienone is 1. The molecule has 2 heteroatoms. The van der Waals surface area contributed by atoms with E-state index in [1.54, 1.807) is 0 Å². The van der Waals surface area contributed by atoms with Crippen LogP contribution in [0.3, 0.4) is 0 Å². The van der Waals surface area contributed by atoms with Gasteiger partial charge >= 0.3 is 5.97 Å². The highest BCUT2D eigenvalue weighted by molar-refractivity contribution is 5.83. The van der Waals surface area contributed by atoms with E-state index in [1.807, 2.05) is 24.3 Å². The largest absolute Gasteiger partial charge is 0.426 e. The van der Waals surface area contributed by atoms with Gasteiger partial charge in [-0.3, -0.25) is 4.79 Å². The SMILES string of the molecule is CC(=O)Oc1ccccc1/C=C(\C)c1ccc2c(c1)C(C)(C)CCC2(C)C. The molecule has 0 saturated heterocycles. The Balaban J connectivity index is 2.03. The van der Waals surface area contributed by atoms with Crippen LogP contribution >= 0.6 is 0 Å². The molecule has 0 aliphatic heterocycles. The van der Waals surface area contributed by atoms with Gasteiger partial charge < -0.3 is 4.74 Å². The van der Waals surface area contributed by atoms with E-state index in [4.69, 9.17) is 4.74 Å². The molecule has 0 radical (unpaired) electrons. The highest BCUT2D eigenvalue weighted by atomic mass is 16.5. The summed E-state index contributed by atoms with van der Waals surface area (Å²) in [7, 11) is 0. The Morgan fingerprint density at radius 1 is 0.926 bits per heavy atom. The van der Waals surface area contributed by atoms with Crippen molar-refractivity contribution < 1.29 is 9.53 Å². The molecule has 0 fully saturated rings. The summed E-state index contributed by atoms with van der Waals surface area (Å²) in [6.07, 6.45) is 4.52. The van der Waals surface area contributed by atoms with Crippen LogP contribution in [0.2, 0.25) is 0 Å². The highest BCUT2D eigenvalue weighted by Gasteiger charge is 2.36. The van der Waals surface area contributed by atoms with Gasteiger partial charge in [0.2, 0.25) is 0 Å². The second-order valence-corrected chi connectivity index (χ2v) is 8.99. The molecule has 1 aliphatic rings. The molecule has 0 amide bonds. The van der Waals surface area contributed by atoms with Crippen molar-refractivity contribution in [2.24, 2.45) is 0 Å². The summed E-state index contributed by atoms with van der Waals surface area (Å²) in [4.78, 5) is 11.4. The van der Waals surface area contributed by atoms with Crippen molar-refractivity contribution >= 4 is 17.6 Å². The number of rotatable bonds is 3. The van der Waals surface area contributed by atoms with Crippen molar-refractivity contribution in [3.63, 3.8) is 0 Å². The van der Waals surface area contributed by atoms with Crippen molar-refractivity contribution in [1.29, 1.82) is 0 Å². The molecule has 0 atom stereocenters. The van der Waals surface area contributed by atoms with Gasteiger partial charge in [-0.15, -0.1) is 0 Å². The predicted molar refractivity (Wildman–Crippen MR) is 113 cm³/mol. The molecule has 2 aromatic carbocycles. The highest BCUT2D eigenvalue weighted by Crippen LogP contribution is 2.46. The number of benzene rings is 2. The average molecular weight is 363 g/mol. The zero-order valence-electron chi connectivity index (χ0n) is 17.3. The van der Waals surface area contributed by atoms with Gasteiger partial charge in [0, 0.05) is 12.5 Å². The zero-order valence-corrected chi connectivity index (χ0v) is 17.3. The number of hydrogen-bond donors (Lipinski definition) is 0. The van der Waals surface area contributed by atoms with Crippen LogP contribution in [0.1, 0.15) is 76.6 Å². The molecule has 0 spiro atoms. The minimum Gasteiger partial charge on any atom is -0.426 e. The van der Waals surface area contributed by atoms with E-state index >= 15 is 0 Å². The lowest BCUT2D eigenvalue weighted by Gasteiger charge is -2.42. The maximum absolute atomic E-state index is 11.4. The van der Waals surface area contributed by atoms with E-state index in [0.717, 1.165) is 11.1 Å². The van der Waals surface area contributed by atoms with Crippen LogP contribution in [0.15, 0.2) is 42.5 Å². The standard InChI is InChI=1S/C25H30O2/c1-17(15-20-9-7-8-10-23(20)27-18(2)26)19-11-12-21-22(16-19)25(5,6)14-13-24(21,3)4/h7-12,15-16H,13-14H2,1-6H3/b17-15+. The third-order valence-electron chi connectivity index (χ3n) is 5.85. The molecule has 2 aromatic rings. The third-order valence-corrected chi connectivity index (χ3v) is 5.85. The Hall–Kier alpha value is -2.35. The molecular weight excluding hydrogens is 332 g/mol. The molecule has 0 bridgehead atoms. The van der Waals surface area contributed by atoms with Crippen LogP contribution in [0.4, 0.5) is 0 Å². The van der Waals surface area contributed by atoms with Gasteiger partial charge in [0.15, 0.2) is 0 Å². The molecule has 0 unspecified atom stereocenters. The fraction of sp³-hybridized carbons (Fsp3) is 0.400. The molecule has 27 heavy (non-hydrogen) atoms. The Morgan fingerprint density at radius 2 is 1.56 bits per heavy atom. The fourth-order valence-corrected chi connectivity index (χ4v) is 4.00. The maximum Gasteiger partial charge on any atom is 0.308 e. The van der Waals surface area contributed by atoms with Crippen LogP contribution in [-0.2, 0) is 15.6 Å². The molecule has 0 aromatic heterocycles. The summed E-state index contributed by atoms with van der Waals surface area (Å²) >= 11 is 0. The summed E-state index contributed by atoms with van der Waals surface area (Å²) in [5.74, 6) is 0.301. The quantitative estimate of drug-likeness (QED) is 0.353. The number of ether oxygens (including phenoxy) is 1. The molecule has 3 rings (SSSR count). The van der Waals surface area contributed by atoms with Gasteiger partial charge in [-0.2, -0.15) is 0 Å². The molecule has 2 nitrogen and oxygen atoms in total. The van der Waals surface area contributed by atoms with Gasteiger partial charge in [-0.05, 0) is 65.0 Å². The molecular formula is C25H30O2. The predicted octanol–water partition coefficient (Wildman–Crippen LogP) is 6.52. The van der Waals surface area contributed by atoms with Crippen LogP contribution < -0.4 is 4.74 Å². The normalized spacial score (nSPS) is 17.9. The first-order valence-electron chi connectivity index (χ1n) is 9.71. The van der Waals surface area contributed by atoms with E-state index in [2.05, 4.69) is 58.9 Å². The minimum atomic E-state index is -0.300. The van der Waals surface area contributed by atoms with Gasteiger partial charge in [0.1, 0.15) is 5.75 Å². The van der Waals surface area contributed by atoms with Crippen molar-refractivity contribution in [3.8, 4) is 5.75 Å². The summed E-state index contributed by atoms with van der Waals surface area (Å²) in [5, 5.41) is 0. The molecule has 0 saturated carbocycles. The van der Waals surface area contributed by atoms with Crippen molar-refractivity contribution in [1.82, 2.24) is 0 Å². The van der Waals surface area contributed by atoms with Crippen LogP contribution in [-0.4, -0.2) is 5.97 Å². The van der Waals surface area contributed by atoms with E-state index in [-0.39, 0.29) is 16.8 Å². The van der Waals surface area contributed by atoms with Crippen LogP contribution in [0.5, 0.6) is 5.75 Å². The van der Waals surface area contributed by atoms with E-state index in [0.29, 0.717) is 5.75 Å². The lowest BCUT2D eigenvalue weighted by molar-refractivity contribution is -0.131. The number of para-hydroxylation sites is 1. The van der Waals surface area contributed by atoms with E-state index in [9.17, 15) is 4.79 Å². The van der Waals surface area contributed by atoms with E-state index < -0.39 is 0 Å². The fourth-order valence-electron chi connectivity index (χ4n) is 4.00. The number of fused-ring (bicyclic) bond motifs is 1. The number of carbonyl (C=O) groups excluding carboxylic acids is 1. The Bertz CT molecular complexity index is 900. The molecule has 1 aliphatic carbocycles. The monoisotopic (exact) mass is 362 g/mol. The lowest BCUT2D eigenvalue weighted by atomic mass is 9.63. The Kier molecular flexibility index (Phi) is 5.03. The topological polar surface area (TPSA) is 26.3 Å². The third kappa shape index (κ3) is 4.00. The summed E-state index contributed by atoms with van der Waals surface area (Å²) in [5.41, 5.74) is 6.64. The van der Waals surface area contributed by atoms with Crippen molar-refractivity contribution in [2.75, 3.05) is 0 Å². The van der Waals surface area contributed by atoms with Gasteiger partial charge in [-0.1, -0.05) is 64.1 Å². The van der Waals surface area contributed by atoms with Gasteiger partial charge in [0.25, 0.3) is 0 Å². The first-order valence-corrected chi connectivity index (χ1v) is 9.71. The number of carbonyl (C=O) groups is 1. The maximum atomic E-state index is 11.4. The van der Waals surface area contributed by atoms with Crippen LogP contribution in [0.25, 0.3) is 11.6 Å². The first kappa shape index (κ1) is 19.4. The molecule has 0 N–H and O–H groups in total. The lowest BCUT2D eigenvalue weighted by Crippen LogP contribution is -2.33. The second-order valence-electron chi connectivity index (χ2n) is 8.99. The Morgan fingerprint density at radius 3 is 2.22 bits per heavy atom. The molecule has 0 heterocycles. The van der Waals surface area contributed by atoms with Gasteiger partial charge in [-0.25, -0.2) is 0 Å². The van der Waals surface area contributed by atoms with Crippen molar-refractivity contribution in [3.05, 3.63) is 64.7 Å². The van der Waals surface area contributed by atoms with Crippen molar-refractivity contribution in [2.45, 2.75) is 65.2 Å².